The normalized spacial score (nSPS) is 13.4. The molecule has 10 aromatic rings. The maximum Gasteiger partial charge on any atom is 0.0619 e. The first-order valence-electron chi connectivity index (χ1n) is 24.1. The van der Waals surface area contributed by atoms with E-state index in [1.807, 2.05) is 0 Å². The van der Waals surface area contributed by atoms with Gasteiger partial charge in [0.15, 0.2) is 0 Å². The average Bonchev–Trinajstić information content (AvgIpc) is 3.43. The van der Waals surface area contributed by atoms with Gasteiger partial charge in [-0.25, -0.2) is 0 Å². The maximum atomic E-state index is 4.90. The SMILES string of the molecule is C=C1c2ccccc2N2c3ccccc3C(=C(c3ccccc3)c3ccccc3)c3cc(-c4ccc5c(c4)N4c6ccccc6C(=C)c6cccc(c64)C5=C(c4ccccc4)c4ccccc4)cc1c32. The topological polar surface area (TPSA) is 6.48 Å². The molecule has 0 saturated carbocycles. The third kappa shape index (κ3) is 5.87. The standard InChI is InChI=1S/C68H44N2/c1-43-51-30-15-19-36-60(51)70-62-42-49(38-39-55(62)65(56-34-21-33-53(43)67(56)70)63(45-22-7-3-8-23-45)46-24-9-4-10-25-46)50-40-57-44(2)52-31-16-18-35-59(52)69-61-37-20-17-32-54(61)66(58(41-50)68(57)69)64(47-26-11-5-12-27-47)48-28-13-6-14-29-48/h3-42H,1-2H2. The molecule has 0 aromatic heterocycles. The molecule has 0 atom stereocenters. The van der Waals surface area contributed by atoms with Crippen molar-refractivity contribution in [2.24, 2.45) is 0 Å². The molecule has 0 bridgehead atoms. The van der Waals surface area contributed by atoms with E-state index in [2.05, 4.69) is 252 Å². The number of fused-ring (bicyclic) bond motifs is 8. The number of benzene rings is 10. The monoisotopic (exact) mass is 888 g/mol. The Balaban J connectivity index is 1.09. The van der Waals surface area contributed by atoms with Crippen LogP contribution >= 0.6 is 0 Å². The zero-order chi connectivity index (χ0) is 46.5. The molecule has 2 heteroatoms. The van der Waals surface area contributed by atoms with E-state index in [9.17, 15) is 0 Å². The largest absolute Gasteiger partial charge is 0.308 e. The Hall–Kier alpha value is -9.24. The first-order valence-corrected chi connectivity index (χ1v) is 24.1. The first kappa shape index (κ1) is 39.9. The molecule has 4 aliphatic rings. The van der Waals surface area contributed by atoms with Crippen LogP contribution < -0.4 is 9.80 Å². The quantitative estimate of drug-likeness (QED) is 0.170. The molecule has 70 heavy (non-hydrogen) atoms. The summed E-state index contributed by atoms with van der Waals surface area (Å²) in [5.41, 5.74) is 29.9. The molecular formula is C68H44N2. The molecule has 2 nitrogen and oxygen atoms in total. The van der Waals surface area contributed by atoms with Gasteiger partial charge in [0.05, 0.1) is 34.1 Å². The number of para-hydroxylation sites is 4. The minimum Gasteiger partial charge on any atom is -0.308 e. The van der Waals surface area contributed by atoms with Crippen molar-refractivity contribution in [1.82, 2.24) is 0 Å². The van der Waals surface area contributed by atoms with Gasteiger partial charge in [0, 0.05) is 55.7 Å². The lowest BCUT2D eigenvalue weighted by Gasteiger charge is -2.42. The van der Waals surface area contributed by atoms with Crippen LogP contribution in [0.5, 0.6) is 0 Å². The fourth-order valence-electron chi connectivity index (χ4n) is 11.7. The lowest BCUT2D eigenvalue weighted by Crippen LogP contribution is -2.25. The highest BCUT2D eigenvalue weighted by atomic mass is 15.2. The van der Waals surface area contributed by atoms with Gasteiger partial charge in [0.2, 0.25) is 0 Å². The minimum atomic E-state index is 1.02. The van der Waals surface area contributed by atoms with Gasteiger partial charge in [-0.3, -0.25) is 0 Å². The number of hydrogen-bond acceptors (Lipinski definition) is 2. The molecule has 4 heterocycles. The van der Waals surface area contributed by atoms with Gasteiger partial charge in [-0.15, -0.1) is 0 Å². The van der Waals surface area contributed by atoms with Crippen LogP contribution in [-0.4, -0.2) is 0 Å². The highest BCUT2D eigenvalue weighted by Crippen LogP contribution is 2.61. The molecule has 0 unspecified atom stereocenters. The summed E-state index contributed by atoms with van der Waals surface area (Å²) in [5.74, 6) is 0. The molecule has 0 radical (unpaired) electrons. The van der Waals surface area contributed by atoms with E-state index in [1.165, 1.54) is 66.8 Å². The van der Waals surface area contributed by atoms with Crippen molar-refractivity contribution in [3.63, 3.8) is 0 Å². The predicted octanol–water partition coefficient (Wildman–Crippen LogP) is 17.7. The highest BCUT2D eigenvalue weighted by molar-refractivity contribution is 6.19. The van der Waals surface area contributed by atoms with Crippen molar-refractivity contribution < 1.29 is 0 Å². The Morgan fingerprint density at radius 2 is 0.629 bits per heavy atom. The summed E-state index contributed by atoms with van der Waals surface area (Å²) in [4.78, 5) is 4.99. The van der Waals surface area contributed by atoms with Crippen LogP contribution in [0.25, 0.3) is 44.6 Å². The van der Waals surface area contributed by atoms with E-state index in [1.54, 1.807) is 0 Å². The van der Waals surface area contributed by atoms with Crippen LogP contribution in [0.4, 0.5) is 34.1 Å². The highest BCUT2D eigenvalue weighted by Gasteiger charge is 2.39. The Labute approximate surface area is 409 Å². The van der Waals surface area contributed by atoms with Gasteiger partial charge < -0.3 is 9.80 Å². The molecular weight excluding hydrogens is 845 g/mol. The summed E-state index contributed by atoms with van der Waals surface area (Å²) < 4.78 is 0. The van der Waals surface area contributed by atoms with Gasteiger partial charge in [-0.2, -0.15) is 0 Å². The summed E-state index contributed by atoms with van der Waals surface area (Å²) in [6, 6.07) is 88.8. The second-order valence-corrected chi connectivity index (χ2v) is 18.5. The third-order valence-corrected chi connectivity index (χ3v) is 14.7. The van der Waals surface area contributed by atoms with Gasteiger partial charge in [-0.1, -0.05) is 219 Å². The van der Waals surface area contributed by atoms with Crippen LogP contribution in [-0.2, 0) is 0 Å². The third-order valence-electron chi connectivity index (χ3n) is 14.7. The van der Waals surface area contributed by atoms with Crippen molar-refractivity contribution in [3.05, 3.63) is 323 Å². The minimum absolute atomic E-state index is 1.02. The second kappa shape index (κ2) is 15.7. The summed E-state index contributed by atoms with van der Waals surface area (Å²) in [6.07, 6.45) is 0. The van der Waals surface area contributed by atoms with Crippen molar-refractivity contribution >= 4 is 67.6 Å². The molecule has 0 fully saturated rings. The molecule has 4 aliphatic heterocycles. The Morgan fingerprint density at radius 3 is 1.17 bits per heavy atom. The summed E-state index contributed by atoms with van der Waals surface area (Å²) in [7, 11) is 0. The molecule has 14 rings (SSSR count). The van der Waals surface area contributed by atoms with E-state index in [0.29, 0.717) is 0 Å². The molecule has 0 aliphatic carbocycles. The van der Waals surface area contributed by atoms with Crippen molar-refractivity contribution in [2.45, 2.75) is 0 Å². The maximum absolute atomic E-state index is 4.90. The lowest BCUT2D eigenvalue weighted by molar-refractivity contribution is 1.20. The first-order chi connectivity index (χ1) is 34.6. The van der Waals surface area contributed by atoms with Crippen molar-refractivity contribution in [3.8, 4) is 11.1 Å². The van der Waals surface area contributed by atoms with Gasteiger partial charge in [0.25, 0.3) is 0 Å². The van der Waals surface area contributed by atoms with Crippen LogP contribution in [0.3, 0.4) is 0 Å². The average molecular weight is 889 g/mol. The number of anilines is 6. The summed E-state index contributed by atoms with van der Waals surface area (Å²) in [6.45, 7) is 9.65. The fraction of sp³-hybridized carbons (Fsp3) is 0. The Bertz CT molecular complexity index is 3810. The summed E-state index contributed by atoms with van der Waals surface area (Å²) in [5, 5.41) is 0. The van der Waals surface area contributed by atoms with E-state index in [-0.39, 0.29) is 0 Å². The van der Waals surface area contributed by atoms with Gasteiger partial charge in [-0.05, 0) is 92.1 Å². The molecule has 326 valence electrons. The van der Waals surface area contributed by atoms with Crippen LogP contribution in [0.1, 0.15) is 66.8 Å². The summed E-state index contributed by atoms with van der Waals surface area (Å²) >= 11 is 0. The molecule has 10 aromatic carbocycles. The van der Waals surface area contributed by atoms with E-state index in [4.69, 9.17) is 13.2 Å². The molecule has 0 N–H and O–H groups in total. The van der Waals surface area contributed by atoms with Crippen LogP contribution in [0.15, 0.2) is 256 Å². The van der Waals surface area contributed by atoms with E-state index in [0.717, 1.165) is 78.7 Å². The lowest BCUT2D eigenvalue weighted by atomic mass is 9.76. The van der Waals surface area contributed by atoms with Gasteiger partial charge in [0.1, 0.15) is 0 Å². The van der Waals surface area contributed by atoms with Gasteiger partial charge >= 0.3 is 0 Å². The van der Waals surface area contributed by atoms with Crippen molar-refractivity contribution in [2.75, 3.05) is 9.80 Å². The second-order valence-electron chi connectivity index (χ2n) is 18.5. The van der Waals surface area contributed by atoms with E-state index >= 15 is 0 Å². The number of hydrogen-bond donors (Lipinski definition) is 0. The smallest absolute Gasteiger partial charge is 0.0619 e. The molecule has 0 saturated heterocycles. The number of rotatable bonds is 5. The predicted molar refractivity (Wildman–Crippen MR) is 293 cm³/mol. The Kier molecular flexibility index (Phi) is 8.93. The zero-order valence-corrected chi connectivity index (χ0v) is 38.4. The zero-order valence-electron chi connectivity index (χ0n) is 38.4. The van der Waals surface area contributed by atoms with Crippen LogP contribution in [0, 0.1) is 0 Å². The number of nitrogens with zero attached hydrogens (tertiary/aromatic N) is 2. The molecule has 0 spiro atoms. The Morgan fingerprint density at radius 1 is 0.257 bits per heavy atom. The van der Waals surface area contributed by atoms with E-state index < -0.39 is 0 Å². The molecule has 0 amide bonds. The van der Waals surface area contributed by atoms with Crippen LogP contribution in [0.2, 0.25) is 0 Å². The fourth-order valence-corrected chi connectivity index (χ4v) is 11.7. The van der Waals surface area contributed by atoms with Crippen molar-refractivity contribution in [1.29, 1.82) is 0 Å².